The third-order valence-electron chi connectivity index (χ3n) is 1.73. The highest BCUT2D eigenvalue weighted by Gasteiger charge is 2.14. The number of nitrogens with two attached hydrogens (primary N) is 1. The minimum Gasteiger partial charge on any atom is -0.491 e. The second-order valence-electron chi connectivity index (χ2n) is 4.15. The van der Waals surface area contributed by atoms with Crippen LogP contribution in [0.5, 0.6) is 5.75 Å². The standard InChI is InChI=1S/C10H13IN2O3/c1-10(2,12)6-16-9-4-3-7(13(14)15)5-8(9)11/h3-5H,6,12H2,1-2H3. The first kappa shape index (κ1) is 13.2. The van der Waals surface area contributed by atoms with Gasteiger partial charge in [-0.05, 0) is 42.5 Å². The first-order valence-electron chi connectivity index (χ1n) is 4.65. The van der Waals surface area contributed by atoms with E-state index < -0.39 is 10.5 Å². The topological polar surface area (TPSA) is 78.4 Å². The van der Waals surface area contributed by atoms with Crippen LogP contribution in [-0.4, -0.2) is 17.1 Å². The molecule has 6 heteroatoms. The molecule has 0 saturated heterocycles. The number of benzene rings is 1. The fraction of sp³-hybridized carbons (Fsp3) is 0.400. The van der Waals surface area contributed by atoms with Crippen LogP contribution in [0.4, 0.5) is 5.69 Å². The summed E-state index contributed by atoms with van der Waals surface area (Å²) in [4.78, 5) is 10.1. The van der Waals surface area contributed by atoms with E-state index in [4.69, 9.17) is 10.5 Å². The molecule has 1 rings (SSSR count). The van der Waals surface area contributed by atoms with Gasteiger partial charge in [0.1, 0.15) is 12.4 Å². The molecule has 0 aliphatic rings. The molecule has 0 bridgehead atoms. The van der Waals surface area contributed by atoms with Gasteiger partial charge in [0.2, 0.25) is 0 Å². The van der Waals surface area contributed by atoms with E-state index >= 15 is 0 Å². The number of nitro groups is 1. The zero-order valence-electron chi connectivity index (χ0n) is 9.07. The molecule has 0 aliphatic carbocycles. The number of non-ortho nitro benzene ring substituents is 1. The molecule has 1 aromatic rings. The largest absolute Gasteiger partial charge is 0.491 e. The Kier molecular flexibility index (Phi) is 4.09. The van der Waals surface area contributed by atoms with E-state index in [0.717, 1.165) is 0 Å². The minimum absolute atomic E-state index is 0.0590. The molecule has 0 saturated carbocycles. The summed E-state index contributed by atoms with van der Waals surface area (Å²) >= 11 is 2.00. The van der Waals surface area contributed by atoms with Crippen molar-refractivity contribution in [2.24, 2.45) is 5.73 Å². The van der Waals surface area contributed by atoms with Crippen LogP contribution in [0.25, 0.3) is 0 Å². The van der Waals surface area contributed by atoms with Gasteiger partial charge in [0.05, 0.1) is 8.49 Å². The fourth-order valence-corrected chi connectivity index (χ4v) is 1.64. The Balaban J connectivity index is 2.80. The quantitative estimate of drug-likeness (QED) is 0.520. The van der Waals surface area contributed by atoms with E-state index in [-0.39, 0.29) is 5.69 Å². The number of nitro benzene ring substituents is 1. The predicted octanol–water partition coefficient (Wildman–Crippen LogP) is 2.32. The second kappa shape index (κ2) is 4.96. The van der Waals surface area contributed by atoms with Crippen molar-refractivity contribution in [3.8, 4) is 5.75 Å². The number of hydrogen-bond acceptors (Lipinski definition) is 4. The van der Waals surface area contributed by atoms with Crippen molar-refractivity contribution >= 4 is 28.3 Å². The van der Waals surface area contributed by atoms with Gasteiger partial charge in [-0.25, -0.2) is 0 Å². The zero-order chi connectivity index (χ0) is 12.3. The maximum Gasteiger partial charge on any atom is 0.270 e. The van der Waals surface area contributed by atoms with Gasteiger partial charge in [0.15, 0.2) is 0 Å². The zero-order valence-corrected chi connectivity index (χ0v) is 11.2. The lowest BCUT2D eigenvalue weighted by molar-refractivity contribution is -0.385. The first-order valence-corrected chi connectivity index (χ1v) is 5.73. The van der Waals surface area contributed by atoms with Crippen LogP contribution < -0.4 is 10.5 Å². The molecule has 0 aliphatic heterocycles. The maximum absolute atomic E-state index is 10.5. The lowest BCUT2D eigenvalue weighted by Gasteiger charge is -2.19. The van der Waals surface area contributed by atoms with Crippen molar-refractivity contribution < 1.29 is 9.66 Å². The molecule has 0 fully saturated rings. The summed E-state index contributed by atoms with van der Waals surface area (Å²) in [7, 11) is 0. The monoisotopic (exact) mass is 336 g/mol. The van der Waals surface area contributed by atoms with Crippen LogP contribution in [-0.2, 0) is 0 Å². The summed E-state index contributed by atoms with van der Waals surface area (Å²) in [6, 6.07) is 4.48. The number of rotatable bonds is 4. The Morgan fingerprint density at radius 2 is 2.19 bits per heavy atom. The molecule has 0 heterocycles. The average Bonchev–Trinajstić information content (AvgIpc) is 2.14. The van der Waals surface area contributed by atoms with Crippen molar-refractivity contribution in [2.75, 3.05) is 6.61 Å². The van der Waals surface area contributed by atoms with Crippen molar-refractivity contribution in [1.82, 2.24) is 0 Å². The summed E-state index contributed by atoms with van der Waals surface area (Å²) in [5.74, 6) is 0.615. The molecule has 1 aromatic carbocycles. The summed E-state index contributed by atoms with van der Waals surface area (Å²) in [5.41, 5.74) is 5.41. The van der Waals surface area contributed by atoms with Crippen LogP contribution in [0, 0.1) is 13.7 Å². The molecule has 16 heavy (non-hydrogen) atoms. The Labute approximate surface area is 107 Å². The number of ether oxygens (including phenoxy) is 1. The third kappa shape index (κ3) is 3.93. The molecule has 0 atom stereocenters. The van der Waals surface area contributed by atoms with Gasteiger partial charge >= 0.3 is 0 Å². The van der Waals surface area contributed by atoms with Gasteiger partial charge in [0.25, 0.3) is 5.69 Å². The molecule has 0 spiro atoms. The Morgan fingerprint density at radius 1 is 1.56 bits per heavy atom. The molecular weight excluding hydrogens is 323 g/mol. The number of hydrogen-bond donors (Lipinski definition) is 1. The molecule has 0 unspecified atom stereocenters. The van der Waals surface area contributed by atoms with E-state index in [0.29, 0.717) is 15.9 Å². The Bertz CT molecular complexity index is 402. The van der Waals surface area contributed by atoms with E-state index in [1.165, 1.54) is 12.1 Å². The maximum atomic E-state index is 10.5. The van der Waals surface area contributed by atoms with Crippen molar-refractivity contribution in [1.29, 1.82) is 0 Å². The summed E-state index contributed by atoms with van der Waals surface area (Å²) in [6.07, 6.45) is 0. The van der Waals surface area contributed by atoms with Gasteiger partial charge in [0, 0.05) is 17.7 Å². The normalized spacial score (nSPS) is 11.2. The molecule has 5 nitrogen and oxygen atoms in total. The number of nitrogens with zero attached hydrogens (tertiary/aromatic N) is 1. The molecule has 2 N–H and O–H groups in total. The summed E-state index contributed by atoms with van der Waals surface area (Å²) < 4.78 is 6.19. The van der Waals surface area contributed by atoms with E-state index in [1.807, 2.05) is 36.4 Å². The van der Waals surface area contributed by atoms with Crippen molar-refractivity contribution in [3.05, 3.63) is 31.9 Å². The minimum atomic E-state index is -0.432. The van der Waals surface area contributed by atoms with Crippen molar-refractivity contribution in [3.63, 3.8) is 0 Å². The molecule has 0 aromatic heterocycles. The predicted molar refractivity (Wildman–Crippen MR) is 69.6 cm³/mol. The molecular formula is C10H13IN2O3. The Morgan fingerprint density at radius 3 is 2.62 bits per heavy atom. The van der Waals surface area contributed by atoms with E-state index in [2.05, 4.69) is 0 Å². The van der Waals surface area contributed by atoms with Gasteiger partial charge in [-0.2, -0.15) is 0 Å². The fourth-order valence-electron chi connectivity index (χ4n) is 0.984. The van der Waals surface area contributed by atoms with E-state index in [1.54, 1.807) is 6.07 Å². The van der Waals surface area contributed by atoms with Gasteiger partial charge < -0.3 is 10.5 Å². The highest BCUT2D eigenvalue weighted by Crippen LogP contribution is 2.26. The van der Waals surface area contributed by atoms with Crippen LogP contribution in [0.2, 0.25) is 0 Å². The van der Waals surface area contributed by atoms with Gasteiger partial charge in [-0.3, -0.25) is 10.1 Å². The van der Waals surface area contributed by atoms with Gasteiger partial charge in [-0.1, -0.05) is 0 Å². The number of halogens is 1. The lowest BCUT2D eigenvalue weighted by Crippen LogP contribution is -2.38. The highest BCUT2D eigenvalue weighted by atomic mass is 127. The van der Waals surface area contributed by atoms with Crippen LogP contribution in [0.15, 0.2) is 18.2 Å². The van der Waals surface area contributed by atoms with Crippen molar-refractivity contribution in [2.45, 2.75) is 19.4 Å². The van der Waals surface area contributed by atoms with Crippen LogP contribution >= 0.6 is 22.6 Å². The van der Waals surface area contributed by atoms with E-state index in [9.17, 15) is 10.1 Å². The smallest absolute Gasteiger partial charge is 0.270 e. The Hall–Kier alpha value is -0.890. The third-order valence-corrected chi connectivity index (χ3v) is 2.57. The lowest BCUT2D eigenvalue weighted by atomic mass is 10.1. The first-order chi connectivity index (χ1) is 7.29. The summed E-state index contributed by atoms with van der Waals surface area (Å²) in [6.45, 7) is 4.07. The summed E-state index contributed by atoms with van der Waals surface area (Å²) in [5, 5.41) is 10.5. The second-order valence-corrected chi connectivity index (χ2v) is 5.31. The SMILES string of the molecule is CC(C)(N)COc1ccc([N+](=O)[O-])cc1I. The highest BCUT2D eigenvalue weighted by molar-refractivity contribution is 14.1. The average molecular weight is 336 g/mol. The van der Waals surface area contributed by atoms with Crippen LogP contribution in [0.3, 0.4) is 0 Å². The van der Waals surface area contributed by atoms with Gasteiger partial charge in [-0.15, -0.1) is 0 Å². The molecule has 88 valence electrons. The molecule has 0 amide bonds. The van der Waals surface area contributed by atoms with Crippen LogP contribution in [0.1, 0.15) is 13.8 Å². The molecule has 0 radical (unpaired) electrons.